The topological polar surface area (TPSA) is 65.6 Å². The van der Waals surface area contributed by atoms with Gasteiger partial charge in [-0.05, 0) is 6.42 Å². The molecule has 0 radical (unpaired) electrons. The third kappa shape index (κ3) is 4.14. The third-order valence-electron chi connectivity index (χ3n) is 2.76. The summed E-state index contributed by atoms with van der Waals surface area (Å²) in [5.41, 5.74) is 0.214. The number of Topliss-reactive ketones (excluding diaryl/α,β-unsaturated/α-hetero) is 1. The van der Waals surface area contributed by atoms with Gasteiger partial charge in [0.1, 0.15) is 24.6 Å². The molecule has 0 saturated carbocycles. The van der Waals surface area contributed by atoms with Crippen molar-refractivity contribution in [3.05, 3.63) is 30.1 Å². The number of carbonyl (C=O) groups is 1. The zero-order chi connectivity index (χ0) is 15.5. The minimum absolute atomic E-state index is 0.0233. The lowest BCUT2D eigenvalue weighted by Gasteiger charge is -2.10. The summed E-state index contributed by atoms with van der Waals surface area (Å²) in [5, 5.41) is 7.47. The number of carbonyl (C=O) groups excluding carboxylic acids is 1. The molecular weight excluding hydrogens is 287 g/mol. The molecule has 0 aromatic carbocycles. The minimum atomic E-state index is -4.32. The number of hydrogen-bond donors (Lipinski definition) is 0. The summed E-state index contributed by atoms with van der Waals surface area (Å²) >= 11 is 0. The molecule has 0 atom stereocenters. The summed E-state index contributed by atoms with van der Waals surface area (Å²) in [6.45, 7) is 0.782. The average molecular weight is 301 g/mol. The molecule has 114 valence electrons. The van der Waals surface area contributed by atoms with Crippen LogP contribution in [0.3, 0.4) is 0 Å². The maximum absolute atomic E-state index is 12.4. The summed E-state index contributed by atoms with van der Waals surface area (Å²) in [6, 6.07) is 0. The first-order valence-electron chi connectivity index (χ1n) is 6.39. The Labute approximate surface area is 118 Å². The molecule has 2 heterocycles. The first kappa shape index (κ1) is 15.2. The fraction of sp³-hybridized carbons (Fsp3) is 0.500. The van der Waals surface area contributed by atoms with Gasteiger partial charge in [-0.25, -0.2) is 9.67 Å². The van der Waals surface area contributed by atoms with E-state index in [0.717, 1.165) is 4.57 Å². The van der Waals surface area contributed by atoms with Crippen molar-refractivity contribution in [1.82, 2.24) is 24.5 Å². The molecule has 0 unspecified atom stereocenters. The van der Waals surface area contributed by atoms with Gasteiger partial charge in [0.2, 0.25) is 0 Å². The van der Waals surface area contributed by atoms with E-state index in [0.29, 0.717) is 12.8 Å². The molecule has 0 saturated heterocycles. The van der Waals surface area contributed by atoms with Crippen LogP contribution in [0.5, 0.6) is 0 Å². The Bertz CT molecular complexity index is 616. The number of rotatable bonds is 6. The lowest BCUT2D eigenvalue weighted by Crippen LogP contribution is -2.20. The smallest absolute Gasteiger partial charge is 0.324 e. The van der Waals surface area contributed by atoms with Crippen molar-refractivity contribution in [3.8, 4) is 0 Å². The van der Waals surface area contributed by atoms with Crippen LogP contribution in [0.25, 0.3) is 0 Å². The highest BCUT2D eigenvalue weighted by molar-refractivity contribution is 5.93. The minimum Gasteiger partial charge on any atom is -0.324 e. The summed E-state index contributed by atoms with van der Waals surface area (Å²) in [7, 11) is 0. The molecule has 0 spiro atoms. The van der Waals surface area contributed by atoms with Gasteiger partial charge in [-0.15, -0.1) is 5.10 Å². The van der Waals surface area contributed by atoms with Gasteiger partial charge in [0.05, 0.1) is 6.20 Å². The van der Waals surface area contributed by atoms with Crippen molar-refractivity contribution < 1.29 is 18.0 Å². The van der Waals surface area contributed by atoms with E-state index >= 15 is 0 Å². The van der Waals surface area contributed by atoms with Crippen LogP contribution < -0.4 is 0 Å². The third-order valence-corrected chi connectivity index (χ3v) is 2.76. The highest BCUT2D eigenvalue weighted by Gasteiger charge is 2.28. The largest absolute Gasteiger partial charge is 0.406 e. The quantitative estimate of drug-likeness (QED) is 0.766. The van der Waals surface area contributed by atoms with Crippen molar-refractivity contribution in [2.45, 2.75) is 39.0 Å². The highest BCUT2D eigenvalue weighted by Crippen LogP contribution is 2.18. The predicted molar refractivity (Wildman–Crippen MR) is 66.6 cm³/mol. The molecule has 0 fully saturated rings. The highest BCUT2D eigenvalue weighted by atomic mass is 19.4. The predicted octanol–water partition coefficient (Wildman–Crippen LogP) is 2.07. The monoisotopic (exact) mass is 301 g/mol. The first-order chi connectivity index (χ1) is 9.89. The lowest BCUT2D eigenvalue weighted by molar-refractivity contribution is -0.141. The molecule has 9 heteroatoms. The van der Waals surface area contributed by atoms with Gasteiger partial charge in [0.25, 0.3) is 0 Å². The summed E-state index contributed by atoms with van der Waals surface area (Å²) in [4.78, 5) is 15.5. The summed E-state index contributed by atoms with van der Waals surface area (Å²) in [6.07, 6.45) is 0.706. The maximum Gasteiger partial charge on any atom is 0.406 e. The molecule has 2 aromatic heterocycles. The molecule has 2 aromatic rings. The summed E-state index contributed by atoms with van der Waals surface area (Å²) in [5.74, 6) is 0.0640. The number of imidazole rings is 1. The van der Waals surface area contributed by atoms with Crippen LogP contribution in [0.2, 0.25) is 0 Å². The van der Waals surface area contributed by atoms with Gasteiger partial charge in [-0.2, -0.15) is 13.2 Å². The van der Waals surface area contributed by atoms with Crippen molar-refractivity contribution in [2.75, 3.05) is 0 Å². The van der Waals surface area contributed by atoms with Gasteiger partial charge in [0, 0.05) is 18.8 Å². The van der Waals surface area contributed by atoms with E-state index in [4.69, 9.17) is 0 Å². The Morgan fingerprint density at radius 3 is 2.81 bits per heavy atom. The number of aromatic nitrogens is 5. The fourth-order valence-corrected chi connectivity index (χ4v) is 1.83. The van der Waals surface area contributed by atoms with E-state index in [2.05, 4.69) is 15.3 Å². The fourth-order valence-electron chi connectivity index (χ4n) is 1.83. The van der Waals surface area contributed by atoms with Crippen LogP contribution in [0, 0.1) is 0 Å². The van der Waals surface area contributed by atoms with Crippen molar-refractivity contribution in [2.24, 2.45) is 0 Å². The second-order valence-electron chi connectivity index (χ2n) is 4.56. The van der Waals surface area contributed by atoms with Crippen molar-refractivity contribution in [1.29, 1.82) is 0 Å². The Hall–Kier alpha value is -2.19. The van der Waals surface area contributed by atoms with Crippen LogP contribution in [-0.2, 0) is 13.1 Å². The SMILES string of the molecule is CCCC(=O)c1cn(Cc2nccn2CC(F)(F)F)nn1. The van der Waals surface area contributed by atoms with E-state index in [-0.39, 0.29) is 23.8 Å². The van der Waals surface area contributed by atoms with Crippen LogP contribution in [0.4, 0.5) is 13.2 Å². The van der Waals surface area contributed by atoms with Crippen LogP contribution in [-0.4, -0.2) is 36.5 Å². The van der Waals surface area contributed by atoms with E-state index < -0.39 is 12.7 Å². The second-order valence-corrected chi connectivity index (χ2v) is 4.56. The Morgan fingerprint density at radius 1 is 1.38 bits per heavy atom. The second kappa shape index (κ2) is 6.06. The zero-order valence-electron chi connectivity index (χ0n) is 11.3. The van der Waals surface area contributed by atoms with E-state index in [1.807, 2.05) is 6.92 Å². The van der Waals surface area contributed by atoms with Crippen LogP contribution in [0.1, 0.15) is 36.1 Å². The van der Waals surface area contributed by atoms with Crippen molar-refractivity contribution >= 4 is 5.78 Å². The number of alkyl halides is 3. The Kier molecular flexibility index (Phi) is 4.39. The maximum atomic E-state index is 12.4. The number of nitrogens with zero attached hydrogens (tertiary/aromatic N) is 5. The van der Waals surface area contributed by atoms with Gasteiger partial charge in [0.15, 0.2) is 5.78 Å². The molecule has 0 aliphatic rings. The van der Waals surface area contributed by atoms with Gasteiger partial charge < -0.3 is 4.57 Å². The normalized spacial score (nSPS) is 11.8. The molecule has 0 N–H and O–H groups in total. The molecule has 0 bridgehead atoms. The molecule has 0 amide bonds. The summed E-state index contributed by atoms with van der Waals surface area (Å²) < 4.78 is 39.5. The van der Waals surface area contributed by atoms with Gasteiger partial charge in [-0.3, -0.25) is 4.79 Å². The van der Waals surface area contributed by atoms with E-state index in [1.54, 1.807) is 0 Å². The van der Waals surface area contributed by atoms with Gasteiger partial charge >= 0.3 is 6.18 Å². The van der Waals surface area contributed by atoms with Crippen LogP contribution in [0.15, 0.2) is 18.6 Å². The molecule has 2 rings (SSSR count). The Balaban J connectivity index is 2.09. The van der Waals surface area contributed by atoms with E-state index in [9.17, 15) is 18.0 Å². The molecule has 21 heavy (non-hydrogen) atoms. The number of hydrogen-bond acceptors (Lipinski definition) is 4. The number of ketones is 1. The number of halogens is 3. The van der Waals surface area contributed by atoms with Crippen LogP contribution >= 0.6 is 0 Å². The molecule has 0 aliphatic heterocycles. The molecular formula is C12H14F3N5O. The molecule has 0 aliphatic carbocycles. The standard InChI is InChI=1S/C12H14F3N5O/c1-2-3-10(21)9-6-20(18-17-9)7-11-16-4-5-19(11)8-12(13,14)15/h4-6H,2-3,7-8H2,1H3. The Morgan fingerprint density at radius 2 is 2.14 bits per heavy atom. The molecule has 6 nitrogen and oxygen atoms in total. The zero-order valence-corrected chi connectivity index (χ0v) is 11.3. The first-order valence-corrected chi connectivity index (χ1v) is 6.39. The van der Waals surface area contributed by atoms with Gasteiger partial charge in [-0.1, -0.05) is 12.1 Å². The van der Waals surface area contributed by atoms with Crippen molar-refractivity contribution in [3.63, 3.8) is 0 Å². The average Bonchev–Trinajstić information content (AvgIpc) is 2.99. The lowest BCUT2D eigenvalue weighted by atomic mass is 10.2. The van der Waals surface area contributed by atoms with E-state index in [1.165, 1.54) is 23.3 Å².